The minimum atomic E-state index is -0.0709. The molecule has 148 valence electrons. The van der Waals surface area contributed by atoms with Crippen LogP contribution in [0.15, 0.2) is 22.5 Å². The van der Waals surface area contributed by atoms with Crippen LogP contribution in [0.25, 0.3) is 0 Å². The van der Waals surface area contributed by atoms with E-state index in [0.717, 1.165) is 21.4 Å². The summed E-state index contributed by atoms with van der Waals surface area (Å²) in [5.74, 6) is 2.95. The van der Waals surface area contributed by atoms with Gasteiger partial charge in [-0.25, -0.2) is 0 Å². The third kappa shape index (κ3) is 7.38. The number of amides is 1. The van der Waals surface area contributed by atoms with Gasteiger partial charge in [0.1, 0.15) is 0 Å². The van der Waals surface area contributed by atoms with Crippen molar-refractivity contribution in [3.63, 3.8) is 0 Å². The normalized spacial score (nSPS) is 10.9. The van der Waals surface area contributed by atoms with Gasteiger partial charge in [-0.3, -0.25) is 4.79 Å². The lowest BCUT2D eigenvalue weighted by Gasteiger charge is -2.12. The van der Waals surface area contributed by atoms with Crippen molar-refractivity contribution < 1.29 is 14.3 Å². The van der Waals surface area contributed by atoms with Gasteiger partial charge >= 0.3 is 0 Å². The molecule has 0 saturated heterocycles. The van der Waals surface area contributed by atoms with Crippen molar-refractivity contribution in [3.8, 4) is 11.5 Å². The molecule has 6 nitrogen and oxygen atoms in total. The molecule has 0 spiro atoms. The van der Waals surface area contributed by atoms with Gasteiger partial charge in [0.2, 0.25) is 11.0 Å². The summed E-state index contributed by atoms with van der Waals surface area (Å²) < 4.78 is 12.1. The summed E-state index contributed by atoms with van der Waals surface area (Å²) in [7, 11) is 0. The van der Waals surface area contributed by atoms with Crippen LogP contribution in [0, 0.1) is 5.92 Å². The molecule has 0 radical (unpaired) electrons. The number of carbonyl (C=O) groups excluding carboxylic acids is 1. The van der Waals surface area contributed by atoms with E-state index in [-0.39, 0.29) is 5.91 Å². The van der Waals surface area contributed by atoms with Crippen LogP contribution >= 0.6 is 23.1 Å². The number of benzene rings is 1. The van der Waals surface area contributed by atoms with Crippen LogP contribution in [-0.2, 0) is 11.2 Å². The molecule has 1 N–H and O–H groups in total. The maximum atomic E-state index is 12.2. The van der Waals surface area contributed by atoms with Crippen molar-refractivity contribution in [2.24, 2.45) is 5.92 Å². The van der Waals surface area contributed by atoms with Crippen LogP contribution in [0.4, 0.5) is 5.13 Å². The molecule has 0 bridgehead atoms. The van der Waals surface area contributed by atoms with Gasteiger partial charge in [-0.1, -0.05) is 43.0 Å². The number of hydrogen-bond acceptors (Lipinski definition) is 7. The van der Waals surface area contributed by atoms with Gasteiger partial charge in [0.15, 0.2) is 15.8 Å². The topological polar surface area (TPSA) is 73.3 Å². The molecule has 0 aliphatic carbocycles. The molecule has 2 rings (SSSR count). The smallest absolute Gasteiger partial charge is 0.226 e. The summed E-state index contributed by atoms with van der Waals surface area (Å²) in [5.41, 5.74) is 1.03. The zero-order valence-electron chi connectivity index (χ0n) is 16.3. The Morgan fingerprint density at radius 1 is 1.19 bits per heavy atom. The summed E-state index contributed by atoms with van der Waals surface area (Å²) in [6.45, 7) is 9.35. The van der Waals surface area contributed by atoms with E-state index in [0.29, 0.717) is 42.9 Å². The number of aryl methyl sites for hydroxylation is 1. The first kappa shape index (κ1) is 21.5. The number of nitrogens with one attached hydrogen (secondary N) is 1. The number of anilines is 1. The molecule has 0 saturated carbocycles. The molecular weight excluding hydrogens is 382 g/mol. The number of rotatable bonds is 11. The zero-order valence-corrected chi connectivity index (χ0v) is 17.9. The van der Waals surface area contributed by atoms with Crippen molar-refractivity contribution in [2.75, 3.05) is 24.3 Å². The first-order valence-corrected chi connectivity index (χ1v) is 11.0. The SMILES string of the molecule is CCOc1ccc(CCC(=O)Nc2nnc(SCC(C)C)s2)cc1OCC. The fraction of sp³-hybridized carbons (Fsp3) is 0.526. The number of nitrogens with zero attached hydrogens (tertiary/aromatic N) is 2. The van der Waals surface area contributed by atoms with E-state index in [9.17, 15) is 4.79 Å². The molecule has 0 aliphatic heterocycles. The Morgan fingerprint density at radius 3 is 2.63 bits per heavy atom. The lowest BCUT2D eigenvalue weighted by atomic mass is 10.1. The Balaban J connectivity index is 1.87. The molecule has 27 heavy (non-hydrogen) atoms. The lowest BCUT2D eigenvalue weighted by molar-refractivity contribution is -0.116. The quantitative estimate of drug-likeness (QED) is 0.430. The van der Waals surface area contributed by atoms with E-state index in [2.05, 4.69) is 29.4 Å². The standard InChI is InChI=1S/C19H27N3O3S2/c1-5-24-15-9-7-14(11-16(15)25-6-2)8-10-17(23)20-18-21-22-19(27-18)26-12-13(3)4/h7,9,11,13H,5-6,8,10,12H2,1-4H3,(H,20,21,23). The minimum Gasteiger partial charge on any atom is -0.490 e. The zero-order chi connectivity index (χ0) is 19.6. The largest absolute Gasteiger partial charge is 0.490 e. The van der Waals surface area contributed by atoms with Gasteiger partial charge < -0.3 is 14.8 Å². The predicted octanol–water partition coefficient (Wildman–Crippen LogP) is 4.65. The van der Waals surface area contributed by atoms with Gasteiger partial charge in [-0.15, -0.1) is 10.2 Å². The fourth-order valence-electron chi connectivity index (χ4n) is 2.25. The minimum absolute atomic E-state index is 0.0709. The van der Waals surface area contributed by atoms with E-state index in [1.54, 1.807) is 11.8 Å². The third-order valence-electron chi connectivity index (χ3n) is 3.44. The van der Waals surface area contributed by atoms with Crippen LogP contribution in [0.3, 0.4) is 0 Å². The van der Waals surface area contributed by atoms with Crippen LogP contribution in [0.2, 0.25) is 0 Å². The third-order valence-corrected chi connectivity index (χ3v) is 5.84. The fourth-order valence-corrected chi connectivity index (χ4v) is 3.99. The highest BCUT2D eigenvalue weighted by Gasteiger charge is 2.11. The number of thioether (sulfide) groups is 1. The van der Waals surface area contributed by atoms with Gasteiger partial charge in [0.25, 0.3) is 0 Å². The first-order valence-electron chi connectivity index (χ1n) is 9.16. The second-order valence-corrected chi connectivity index (χ2v) is 8.52. The molecular formula is C19H27N3O3S2. The van der Waals surface area contributed by atoms with Gasteiger partial charge in [-0.2, -0.15) is 0 Å². The van der Waals surface area contributed by atoms with E-state index in [1.807, 2.05) is 32.0 Å². The maximum Gasteiger partial charge on any atom is 0.226 e. The molecule has 0 unspecified atom stereocenters. The highest BCUT2D eigenvalue weighted by molar-refractivity contribution is 8.01. The molecule has 8 heteroatoms. The molecule has 1 heterocycles. The Labute approximate surface area is 169 Å². The molecule has 1 aromatic carbocycles. The van der Waals surface area contributed by atoms with Crippen LogP contribution < -0.4 is 14.8 Å². The summed E-state index contributed by atoms with van der Waals surface area (Å²) in [6, 6.07) is 5.80. The highest BCUT2D eigenvalue weighted by atomic mass is 32.2. The number of hydrogen-bond donors (Lipinski definition) is 1. The Hall–Kier alpha value is -1.80. The maximum absolute atomic E-state index is 12.2. The summed E-state index contributed by atoms with van der Waals surface area (Å²) in [5, 5.41) is 11.5. The number of carbonyl (C=O) groups is 1. The van der Waals surface area contributed by atoms with Gasteiger partial charge in [-0.05, 0) is 43.9 Å². The van der Waals surface area contributed by atoms with Crippen molar-refractivity contribution in [1.29, 1.82) is 0 Å². The van der Waals surface area contributed by atoms with Gasteiger partial charge in [0, 0.05) is 12.2 Å². The summed E-state index contributed by atoms with van der Waals surface area (Å²) >= 11 is 3.08. The van der Waals surface area contributed by atoms with Crippen LogP contribution in [0.1, 0.15) is 39.7 Å². The van der Waals surface area contributed by atoms with Crippen molar-refractivity contribution in [3.05, 3.63) is 23.8 Å². The van der Waals surface area contributed by atoms with E-state index in [1.165, 1.54) is 11.3 Å². The Bertz CT molecular complexity index is 735. The molecule has 1 aromatic heterocycles. The first-order chi connectivity index (χ1) is 13.0. The average Bonchev–Trinajstić information content (AvgIpc) is 3.08. The average molecular weight is 410 g/mol. The number of aromatic nitrogens is 2. The Morgan fingerprint density at radius 2 is 1.93 bits per heavy atom. The van der Waals surface area contributed by atoms with Gasteiger partial charge in [0.05, 0.1) is 13.2 Å². The van der Waals surface area contributed by atoms with E-state index >= 15 is 0 Å². The van der Waals surface area contributed by atoms with Crippen molar-refractivity contribution in [2.45, 2.75) is 44.9 Å². The van der Waals surface area contributed by atoms with Crippen molar-refractivity contribution >= 4 is 34.1 Å². The van der Waals surface area contributed by atoms with Crippen LogP contribution in [-0.4, -0.2) is 35.1 Å². The second-order valence-electron chi connectivity index (χ2n) is 6.27. The number of ether oxygens (including phenoxy) is 2. The second kappa shape index (κ2) is 11.1. The molecule has 0 atom stereocenters. The summed E-state index contributed by atoms with van der Waals surface area (Å²) in [4.78, 5) is 12.2. The van der Waals surface area contributed by atoms with Crippen molar-refractivity contribution in [1.82, 2.24) is 10.2 Å². The predicted molar refractivity (Wildman–Crippen MR) is 111 cm³/mol. The molecule has 0 aliphatic rings. The highest BCUT2D eigenvalue weighted by Crippen LogP contribution is 2.29. The Kier molecular flexibility index (Phi) is 8.87. The summed E-state index contributed by atoms with van der Waals surface area (Å²) in [6.07, 6.45) is 0.986. The lowest BCUT2D eigenvalue weighted by Crippen LogP contribution is -2.12. The van der Waals surface area contributed by atoms with E-state index < -0.39 is 0 Å². The molecule has 0 fully saturated rings. The monoisotopic (exact) mass is 409 g/mol. The van der Waals surface area contributed by atoms with Crippen LogP contribution in [0.5, 0.6) is 11.5 Å². The van der Waals surface area contributed by atoms with E-state index in [4.69, 9.17) is 9.47 Å². The molecule has 1 amide bonds. The molecule has 2 aromatic rings.